The fourth-order valence-electron chi connectivity index (χ4n) is 7.24. The highest BCUT2D eigenvalue weighted by Crippen LogP contribution is 2.62. The third-order valence-corrected chi connectivity index (χ3v) is 9.06. The van der Waals surface area contributed by atoms with Crippen molar-refractivity contribution in [2.24, 2.45) is 23.2 Å². The van der Waals surface area contributed by atoms with Crippen LogP contribution in [0.25, 0.3) is 0 Å². The van der Waals surface area contributed by atoms with Crippen LogP contribution in [-0.4, -0.2) is 42.8 Å². The molecule has 6 rings (SSSR count). The molecule has 2 saturated carbocycles. The summed E-state index contributed by atoms with van der Waals surface area (Å²) in [6.07, 6.45) is 7.38. The van der Waals surface area contributed by atoms with E-state index in [-0.39, 0.29) is 34.9 Å². The van der Waals surface area contributed by atoms with Crippen LogP contribution in [0.4, 0.5) is 0 Å². The van der Waals surface area contributed by atoms with Gasteiger partial charge in [-0.3, -0.25) is 9.69 Å². The molecule has 1 aromatic heterocycles. The van der Waals surface area contributed by atoms with Crippen LogP contribution in [0.1, 0.15) is 50.4 Å². The standard InChI is InChI=1S/C28H35NO5/c1-27-10-4-11-28(18-33-28)25(27)13-22-23(26(30)34-24(22)14-27)17-29(16-21-5-3-12-32-21)15-19-6-8-20(31-2)9-7-19/h3,5-9,12,22-25H,4,10-11,13-18H2,1-2H3/t22-,23-,24+,25+,27+,28-/m0/s1. The number of rotatable bonds is 7. The number of fused-ring (bicyclic) bond motifs is 3. The van der Waals surface area contributed by atoms with Gasteiger partial charge in [0.15, 0.2) is 0 Å². The van der Waals surface area contributed by atoms with E-state index in [2.05, 4.69) is 24.0 Å². The largest absolute Gasteiger partial charge is 0.497 e. The highest BCUT2D eigenvalue weighted by Gasteiger charge is 2.65. The fourth-order valence-corrected chi connectivity index (χ4v) is 7.24. The van der Waals surface area contributed by atoms with E-state index in [1.54, 1.807) is 13.4 Å². The Kier molecular flexibility index (Phi) is 5.49. The molecule has 6 heteroatoms. The van der Waals surface area contributed by atoms with Gasteiger partial charge < -0.3 is 18.6 Å². The van der Waals surface area contributed by atoms with Crippen LogP contribution in [-0.2, 0) is 27.4 Å². The van der Waals surface area contributed by atoms with Crippen LogP contribution in [0, 0.1) is 23.2 Å². The minimum atomic E-state index is -0.111. The van der Waals surface area contributed by atoms with Crippen LogP contribution in [0.3, 0.4) is 0 Å². The number of ether oxygens (including phenoxy) is 3. The van der Waals surface area contributed by atoms with Crippen LogP contribution >= 0.6 is 0 Å². The first-order valence-electron chi connectivity index (χ1n) is 12.7. The van der Waals surface area contributed by atoms with Crippen molar-refractivity contribution in [2.75, 3.05) is 20.3 Å². The van der Waals surface area contributed by atoms with Gasteiger partial charge in [-0.2, -0.15) is 0 Å². The zero-order valence-corrected chi connectivity index (χ0v) is 20.2. The Hall–Kier alpha value is -2.31. The summed E-state index contributed by atoms with van der Waals surface area (Å²) in [5.41, 5.74) is 1.48. The van der Waals surface area contributed by atoms with E-state index in [0.29, 0.717) is 19.0 Å². The topological polar surface area (TPSA) is 64.4 Å². The van der Waals surface area contributed by atoms with Gasteiger partial charge in [0.05, 0.1) is 38.0 Å². The summed E-state index contributed by atoms with van der Waals surface area (Å²) in [6.45, 7) is 5.37. The summed E-state index contributed by atoms with van der Waals surface area (Å²) in [4.78, 5) is 15.5. The molecule has 0 N–H and O–H groups in total. The van der Waals surface area contributed by atoms with Gasteiger partial charge in [-0.05, 0) is 73.3 Å². The van der Waals surface area contributed by atoms with Crippen molar-refractivity contribution >= 4 is 5.97 Å². The van der Waals surface area contributed by atoms with Crippen molar-refractivity contribution in [1.82, 2.24) is 4.90 Å². The Morgan fingerprint density at radius 1 is 1.15 bits per heavy atom. The molecular formula is C28H35NO5. The van der Waals surface area contributed by atoms with Crippen LogP contribution in [0.5, 0.6) is 5.75 Å². The van der Waals surface area contributed by atoms with E-state index in [4.69, 9.17) is 18.6 Å². The molecule has 2 aliphatic heterocycles. The van der Waals surface area contributed by atoms with E-state index < -0.39 is 0 Å². The van der Waals surface area contributed by atoms with Gasteiger partial charge in [0.1, 0.15) is 17.6 Å². The predicted octanol–water partition coefficient (Wildman–Crippen LogP) is 4.82. The number of furan rings is 1. The summed E-state index contributed by atoms with van der Waals surface area (Å²) in [6, 6.07) is 12.1. The second kappa shape index (κ2) is 8.42. The zero-order valence-electron chi connectivity index (χ0n) is 20.2. The van der Waals surface area contributed by atoms with Crippen molar-refractivity contribution in [1.29, 1.82) is 0 Å². The maximum atomic E-state index is 13.2. The fraction of sp³-hybridized carbons (Fsp3) is 0.607. The minimum Gasteiger partial charge on any atom is -0.497 e. The summed E-state index contributed by atoms with van der Waals surface area (Å²) in [7, 11) is 1.68. The second-order valence-electron chi connectivity index (χ2n) is 11.2. The number of epoxide rings is 1. The van der Waals surface area contributed by atoms with Crippen LogP contribution in [0.15, 0.2) is 47.1 Å². The van der Waals surface area contributed by atoms with E-state index in [9.17, 15) is 4.79 Å². The minimum absolute atomic E-state index is 0.0258. The van der Waals surface area contributed by atoms with E-state index >= 15 is 0 Å². The molecule has 34 heavy (non-hydrogen) atoms. The Balaban J connectivity index is 1.22. The lowest BCUT2D eigenvalue weighted by Crippen LogP contribution is -2.51. The predicted molar refractivity (Wildman–Crippen MR) is 126 cm³/mol. The number of carbonyl (C=O) groups is 1. The van der Waals surface area contributed by atoms with Gasteiger partial charge in [0.25, 0.3) is 0 Å². The third-order valence-electron chi connectivity index (χ3n) is 9.06. The molecule has 0 radical (unpaired) electrons. The van der Waals surface area contributed by atoms with Crippen molar-refractivity contribution in [3.63, 3.8) is 0 Å². The van der Waals surface area contributed by atoms with Crippen molar-refractivity contribution in [3.05, 3.63) is 54.0 Å². The first kappa shape index (κ1) is 22.2. The molecule has 1 spiro atoms. The first-order valence-corrected chi connectivity index (χ1v) is 12.7. The van der Waals surface area contributed by atoms with Gasteiger partial charge in [-0.1, -0.05) is 19.1 Å². The van der Waals surface area contributed by atoms with Gasteiger partial charge in [-0.15, -0.1) is 0 Å². The molecule has 0 unspecified atom stereocenters. The number of benzene rings is 1. The maximum absolute atomic E-state index is 13.2. The molecule has 4 aliphatic rings. The van der Waals surface area contributed by atoms with E-state index in [0.717, 1.165) is 37.5 Å². The lowest BCUT2D eigenvalue weighted by molar-refractivity contribution is -0.147. The lowest BCUT2D eigenvalue weighted by atomic mass is 9.53. The number of methoxy groups -OCH3 is 1. The molecule has 2 saturated heterocycles. The molecule has 4 fully saturated rings. The molecular weight excluding hydrogens is 430 g/mol. The highest BCUT2D eigenvalue weighted by atomic mass is 16.6. The second-order valence-corrected chi connectivity index (χ2v) is 11.2. The SMILES string of the molecule is COc1ccc(CN(Cc2ccco2)C[C@@H]2C(=O)O[C@@H]3C[C@@]4(C)CCC[C@]5(CO5)[C@@H]4C[C@@H]23)cc1. The Labute approximate surface area is 201 Å². The maximum Gasteiger partial charge on any atom is 0.310 e. The Bertz CT molecular complexity index is 1010. The highest BCUT2D eigenvalue weighted by molar-refractivity contribution is 5.75. The number of hydrogen-bond donors (Lipinski definition) is 0. The summed E-state index contributed by atoms with van der Waals surface area (Å²) >= 11 is 0. The van der Waals surface area contributed by atoms with Crippen molar-refractivity contribution < 1.29 is 23.4 Å². The van der Waals surface area contributed by atoms with Gasteiger partial charge in [-0.25, -0.2) is 0 Å². The molecule has 182 valence electrons. The molecule has 0 bridgehead atoms. The monoisotopic (exact) mass is 465 g/mol. The summed E-state index contributed by atoms with van der Waals surface area (Å²) in [5, 5.41) is 0. The van der Waals surface area contributed by atoms with Crippen molar-refractivity contribution in [3.8, 4) is 5.75 Å². The van der Waals surface area contributed by atoms with Gasteiger partial charge in [0.2, 0.25) is 0 Å². The molecule has 0 amide bonds. The molecule has 6 atom stereocenters. The first-order chi connectivity index (χ1) is 16.5. The zero-order chi connectivity index (χ0) is 23.3. The van der Waals surface area contributed by atoms with Crippen LogP contribution in [0.2, 0.25) is 0 Å². The Morgan fingerprint density at radius 3 is 2.68 bits per heavy atom. The normalized spacial score (nSPS) is 36.3. The molecule has 1 aromatic carbocycles. The summed E-state index contributed by atoms with van der Waals surface area (Å²) in [5.74, 6) is 2.41. The average Bonchev–Trinajstić information content (AvgIpc) is 3.27. The smallest absolute Gasteiger partial charge is 0.310 e. The van der Waals surface area contributed by atoms with E-state index in [1.807, 2.05) is 24.3 Å². The molecule has 2 aromatic rings. The van der Waals surface area contributed by atoms with E-state index in [1.165, 1.54) is 24.8 Å². The number of carbonyl (C=O) groups excluding carboxylic acids is 1. The number of nitrogens with zero attached hydrogens (tertiary/aromatic N) is 1. The molecule has 2 aliphatic carbocycles. The third kappa shape index (κ3) is 3.95. The number of esters is 1. The number of hydrogen-bond acceptors (Lipinski definition) is 6. The molecule has 3 heterocycles. The van der Waals surface area contributed by atoms with Crippen molar-refractivity contribution in [2.45, 2.75) is 63.8 Å². The Morgan fingerprint density at radius 2 is 1.97 bits per heavy atom. The van der Waals surface area contributed by atoms with Gasteiger partial charge in [0, 0.05) is 19.0 Å². The lowest BCUT2D eigenvalue weighted by Gasteiger charge is -2.51. The van der Waals surface area contributed by atoms with Gasteiger partial charge >= 0.3 is 5.97 Å². The molecule has 6 nitrogen and oxygen atoms in total. The summed E-state index contributed by atoms with van der Waals surface area (Å²) < 4.78 is 23.1. The quantitative estimate of drug-likeness (QED) is 0.432. The average molecular weight is 466 g/mol. The van der Waals surface area contributed by atoms with Crippen LogP contribution < -0.4 is 4.74 Å².